The Labute approximate surface area is 69.4 Å². The van der Waals surface area contributed by atoms with Crippen LogP contribution >= 0.6 is 0 Å². The van der Waals surface area contributed by atoms with E-state index < -0.39 is 0 Å². The van der Waals surface area contributed by atoms with Gasteiger partial charge >= 0.3 is 0 Å². The average molecular weight is 151 g/mol. The Kier molecular flexibility index (Phi) is 3.45. The van der Waals surface area contributed by atoms with Crippen molar-refractivity contribution in [3.8, 4) is 12.3 Å². The Balaban J connectivity index is 2.18. The molecule has 1 rings (SSSR count). The maximum Gasteiger partial charge on any atom is 0.00887 e. The molecule has 1 aliphatic carbocycles. The van der Waals surface area contributed by atoms with Gasteiger partial charge in [0.05, 0.1) is 0 Å². The second kappa shape index (κ2) is 4.41. The number of hydrogen-bond acceptors (Lipinski definition) is 1. The summed E-state index contributed by atoms with van der Waals surface area (Å²) in [6.45, 7) is 0. The van der Waals surface area contributed by atoms with Gasteiger partial charge in [0.1, 0.15) is 0 Å². The lowest BCUT2D eigenvalue weighted by Gasteiger charge is -2.25. The van der Waals surface area contributed by atoms with E-state index >= 15 is 0 Å². The summed E-state index contributed by atoms with van der Waals surface area (Å²) in [4.78, 5) is 0. The first kappa shape index (κ1) is 8.62. The Bertz CT molecular complexity index is 145. The zero-order chi connectivity index (χ0) is 8.10. The fraction of sp³-hybridized carbons (Fsp3) is 0.800. The van der Waals surface area contributed by atoms with Crippen molar-refractivity contribution in [2.24, 2.45) is 11.7 Å². The standard InChI is InChI=1S/C10H17N/c1-2-3-5-9-6-4-7-10(11)8-9/h1,9-10H,3-8,11H2. The van der Waals surface area contributed by atoms with E-state index in [1.54, 1.807) is 0 Å². The number of nitrogens with two attached hydrogens (primary N) is 1. The van der Waals surface area contributed by atoms with E-state index in [9.17, 15) is 0 Å². The number of hydrogen-bond donors (Lipinski definition) is 1. The van der Waals surface area contributed by atoms with Crippen molar-refractivity contribution >= 4 is 0 Å². The van der Waals surface area contributed by atoms with Gasteiger partial charge in [-0.1, -0.05) is 12.8 Å². The average Bonchev–Trinajstić information content (AvgIpc) is 2.01. The van der Waals surface area contributed by atoms with Gasteiger partial charge in [0.15, 0.2) is 0 Å². The van der Waals surface area contributed by atoms with Gasteiger partial charge in [-0.05, 0) is 25.2 Å². The van der Waals surface area contributed by atoms with Crippen LogP contribution in [0.3, 0.4) is 0 Å². The number of rotatable bonds is 2. The van der Waals surface area contributed by atoms with Crippen LogP contribution in [0.2, 0.25) is 0 Å². The fourth-order valence-electron chi connectivity index (χ4n) is 1.88. The predicted octanol–water partition coefficient (Wildman–Crippen LogP) is 1.92. The van der Waals surface area contributed by atoms with Crippen LogP contribution in [0.25, 0.3) is 0 Å². The van der Waals surface area contributed by atoms with Crippen LogP contribution in [-0.2, 0) is 0 Å². The highest BCUT2D eigenvalue weighted by Gasteiger charge is 2.17. The van der Waals surface area contributed by atoms with Gasteiger partial charge in [-0.3, -0.25) is 0 Å². The van der Waals surface area contributed by atoms with Gasteiger partial charge in [0.25, 0.3) is 0 Å². The second-order valence-corrected chi connectivity index (χ2v) is 3.54. The zero-order valence-electron chi connectivity index (χ0n) is 7.05. The highest BCUT2D eigenvalue weighted by atomic mass is 14.6. The molecule has 11 heavy (non-hydrogen) atoms. The van der Waals surface area contributed by atoms with Crippen LogP contribution in [0.4, 0.5) is 0 Å². The SMILES string of the molecule is C#CCCC1CCCC(N)C1. The van der Waals surface area contributed by atoms with Crippen LogP contribution < -0.4 is 5.73 Å². The van der Waals surface area contributed by atoms with E-state index in [-0.39, 0.29) is 0 Å². The highest BCUT2D eigenvalue weighted by Crippen LogP contribution is 2.26. The molecule has 0 aliphatic heterocycles. The Morgan fingerprint density at radius 2 is 2.27 bits per heavy atom. The van der Waals surface area contributed by atoms with Crippen molar-refractivity contribution in [1.29, 1.82) is 0 Å². The molecule has 0 spiro atoms. The van der Waals surface area contributed by atoms with Crippen molar-refractivity contribution in [2.75, 3.05) is 0 Å². The molecule has 0 saturated heterocycles. The summed E-state index contributed by atoms with van der Waals surface area (Å²) >= 11 is 0. The first-order valence-corrected chi connectivity index (χ1v) is 4.52. The molecule has 1 heteroatoms. The topological polar surface area (TPSA) is 26.0 Å². The Morgan fingerprint density at radius 1 is 1.45 bits per heavy atom. The van der Waals surface area contributed by atoms with Crippen molar-refractivity contribution in [3.05, 3.63) is 0 Å². The first-order valence-electron chi connectivity index (χ1n) is 4.52. The molecule has 1 aliphatic rings. The molecule has 0 aromatic heterocycles. The fourth-order valence-corrected chi connectivity index (χ4v) is 1.88. The molecule has 0 amide bonds. The van der Waals surface area contributed by atoms with E-state index in [2.05, 4.69) is 5.92 Å². The normalized spacial score (nSPS) is 31.3. The summed E-state index contributed by atoms with van der Waals surface area (Å²) in [5.74, 6) is 3.50. The van der Waals surface area contributed by atoms with Crippen LogP contribution in [0.1, 0.15) is 38.5 Å². The summed E-state index contributed by atoms with van der Waals surface area (Å²) in [6, 6.07) is 0.450. The Hall–Kier alpha value is -0.480. The lowest BCUT2D eigenvalue weighted by Crippen LogP contribution is -2.27. The van der Waals surface area contributed by atoms with Gasteiger partial charge in [-0.15, -0.1) is 12.3 Å². The van der Waals surface area contributed by atoms with E-state index in [4.69, 9.17) is 12.2 Å². The van der Waals surface area contributed by atoms with Gasteiger partial charge in [-0.25, -0.2) is 0 Å². The largest absolute Gasteiger partial charge is 0.328 e. The minimum Gasteiger partial charge on any atom is -0.328 e. The summed E-state index contributed by atoms with van der Waals surface area (Å²) in [7, 11) is 0. The van der Waals surface area contributed by atoms with Crippen molar-refractivity contribution < 1.29 is 0 Å². The van der Waals surface area contributed by atoms with Gasteiger partial charge in [-0.2, -0.15) is 0 Å². The quantitative estimate of drug-likeness (QED) is 0.599. The minimum absolute atomic E-state index is 0.450. The van der Waals surface area contributed by atoms with Crippen molar-refractivity contribution in [3.63, 3.8) is 0 Å². The maximum absolute atomic E-state index is 5.85. The number of terminal acetylenes is 1. The third kappa shape index (κ3) is 2.95. The molecule has 1 fully saturated rings. The second-order valence-electron chi connectivity index (χ2n) is 3.54. The summed E-state index contributed by atoms with van der Waals surface area (Å²) in [6.07, 6.45) is 12.4. The lowest BCUT2D eigenvalue weighted by molar-refractivity contribution is 0.309. The molecule has 2 atom stereocenters. The van der Waals surface area contributed by atoms with E-state index in [1.807, 2.05) is 0 Å². The van der Waals surface area contributed by atoms with Crippen LogP contribution in [-0.4, -0.2) is 6.04 Å². The molecule has 2 unspecified atom stereocenters. The van der Waals surface area contributed by atoms with Gasteiger partial charge in [0, 0.05) is 12.5 Å². The van der Waals surface area contributed by atoms with Crippen LogP contribution in [0.5, 0.6) is 0 Å². The summed E-state index contributed by atoms with van der Waals surface area (Å²) < 4.78 is 0. The third-order valence-electron chi connectivity index (χ3n) is 2.52. The molecular weight excluding hydrogens is 134 g/mol. The molecule has 0 radical (unpaired) electrons. The van der Waals surface area contributed by atoms with Crippen LogP contribution in [0, 0.1) is 18.3 Å². The summed E-state index contributed by atoms with van der Waals surface area (Å²) in [5, 5.41) is 0. The predicted molar refractivity (Wildman–Crippen MR) is 48.0 cm³/mol. The zero-order valence-corrected chi connectivity index (χ0v) is 7.05. The molecule has 2 N–H and O–H groups in total. The lowest BCUT2D eigenvalue weighted by atomic mass is 9.83. The molecule has 0 aromatic carbocycles. The smallest absolute Gasteiger partial charge is 0.00887 e. The monoisotopic (exact) mass is 151 g/mol. The van der Waals surface area contributed by atoms with Gasteiger partial charge in [0.2, 0.25) is 0 Å². The molecule has 0 bridgehead atoms. The summed E-state index contributed by atoms with van der Waals surface area (Å²) in [5.41, 5.74) is 5.85. The molecule has 0 aromatic rings. The van der Waals surface area contributed by atoms with E-state index in [0.29, 0.717) is 6.04 Å². The van der Waals surface area contributed by atoms with E-state index in [0.717, 1.165) is 12.3 Å². The maximum atomic E-state index is 5.85. The molecule has 0 heterocycles. The van der Waals surface area contributed by atoms with Crippen LogP contribution in [0.15, 0.2) is 0 Å². The van der Waals surface area contributed by atoms with Crippen molar-refractivity contribution in [1.82, 2.24) is 0 Å². The minimum atomic E-state index is 0.450. The Morgan fingerprint density at radius 3 is 2.91 bits per heavy atom. The van der Waals surface area contributed by atoms with Gasteiger partial charge < -0.3 is 5.73 Å². The third-order valence-corrected chi connectivity index (χ3v) is 2.52. The molecular formula is C10H17N. The molecule has 62 valence electrons. The molecule has 1 saturated carbocycles. The highest BCUT2D eigenvalue weighted by molar-refractivity contribution is 4.85. The van der Waals surface area contributed by atoms with E-state index in [1.165, 1.54) is 32.1 Å². The molecule has 1 nitrogen and oxygen atoms in total. The van der Waals surface area contributed by atoms with Crippen molar-refractivity contribution in [2.45, 2.75) is 44.6 Å². The first-order chi connectivity index (χ1) is 5.33.